The van der Waals surface area contributed by atoms with Gasteiger partial charge in [0.1, 0.15) is 22.5 Å². The highest BCUT2D eigenvalue weighted by molar-refractivity contribution is 7.86. The quantitative estimate of drug-likeness (QED) is 0.613. The molecule has 0 spiro atoms. The molecule has 0 saturated heterocycles. The van der Waals surface area contributed by atoms with Crippen molar-refractivity contribution in [2.24, 2.45) is 0 Å². The second-order valence-corrected chi connectivity index (χ2v) is 6.12. The molecular formula is C15H10O7S. The highest BCUT2D eigenvalue weighted by Gasteiger charge is 2.26. The molecule has 3 rings (SSSR count). The first-order valence-electron chi connectivity index (χ1n) is 6.35. The summed E-state index contributed by atoms with van der Waals surface area (Å²) >= 11 is 0. The maximum absolute atomic E-state index is 12.2. The van der Waals surface area contributed by atoms with Gasteiger partial charge < -0.3 is 14.6 Å². The monoisotopic (exact) mass is 334 g/mol. The second-order valence-electron chi connectivity index (χ2n) is 4.76. The zero-order valence-electron chi connectivity index (χ0n) is 11.4. The van der Waals surface area contributed by atoms with Crippen LogP contribution in [0.1, 0.15) is 0 Å². The van der Waals surface area contributed by atoms with E-state index in [1.54, 1.807) is 30.3 Å². The molecule has 3 N–H and O–H groups in total. The van der Waals surface area contributed by atoms with E-state index < -0.39 is 37.3 Å². The van der Waals surface area contributed by atoms with Crippen LogP contribution in [-0.2, 0) is 10.1 Å². The van der Waals surface area contributed by atoms with Crippen LogP contribution < -0.4 is 5.43 Å². The molecule has 0 aliphatic heterocycles. The minimum Gasteiger partial charge on any atom is -0.506 e. The summed E-state index contributed by atoms with van der Waals surface area (Å²) in [5, 5.41) is 19.2. The summed E-state index contributed by atoms with van der Waals surface area (Å²) < 4.78 is 37.0. The van der Waals surface area contributed by atoms with Crippen molar-refractivity contribution in [3.63, 3.8) is 0 Å². The summed E-state index contributed by atoms with van der Waals surface area (Å²) in [6.07, 6.45) is 0. The van der Waals surface area contributed by atoms with Crippen LogP contribution in [0.25, 0.3) is 22.3 Å². The third-order valence-corrected chi connectivity index (χ3v) is 4.16. The molecule has 23 heavy (non-hydrogen) atoms. The van der Waals surface area contributed by atoms with Gasteiger partial charge in [-0.1, -0.05) is 30.3 Å². The molecular weight excluding hydrogens is 324 g/mol. The van der Waals surface area contributed by atoms with Crippen molar-refractivity contribution in [1.29, 1.82) is 0 Å². The molecule has 0 radical (unpaired) electrons. The summed E-state index contributed by atoms with van der Waals surface area (Å²) in [7, 11) is -4.92. The van der Waals surface area contributed by atoms with Crippen molar-refractivity contribution in [3.8, 4) is 22.8 Å². The molecule has 7 nitrogen and oxygen atoms in total. The van der Waals surface area contributed by atoms with Gasteiger partial charge in [0.2, 0.25) is 0 Å². The lowest BCUT2D eigenvalue weighted by atomic mass is 10.1. The van der Waals surface area contributed by atoms with Gasteiger partial charge in [-0.15, -0.1) is 0 Å². The molecule has 0 bridgehead atoms. The minimum atomic E-state index is -4.92. The van der Waals surface area contributed by atoms with Gasteiger partial charge in [0.25, 0.3) is 0 Å². The van der Waals surface area contributed by atoms with Gasteiger partial charge in [0.05, 0.1) is 0 Å². The number of fused-ring (bicyclic) bond motifs is 1. The fourth-order valence-electron chi connectivity index (χ4n) is 2.27. The zero-order valence-corrected chi connectivity index (χ0v) is 12.2. The number of rotatable bonds is 2. The third kappa shape index (κ3) is 2.54. The van der Waals surface area contributed by atoms with Gasteiger partial charge >= 0.3 is 10.1 Å². The van der Waals surface area contributed by atoms with Gasteiger partial charge in [-0.25, -0.2) is 0 Å². The van der Waals surface area contributed by atoms with E-state index in [0.717, 1.165) is 12.1 Å². The predicted molar refractivity (Wildman–Crippen MR) is 81.1 cm³/mol. The zero-order chi connectivity index (χ0) is 16.8. The summed E-state index contributed by atoms with van der Waals surface area (Å²) in [6, 6.07) is 10.6. The lowest BCUT2D eigenvalue weighted by Crippen LogP contribution is -2.05. The number of phenols is 2. The summed E-state index contributed by atoms with van der Waals surface area (Å²) in [5.41, 5.74) is -0.337. The molecule has 0 aliphatic rings. The SMILES string of the molecule is O=c1cc(-c2ccccc2)oc2cc(O)c(S(=O)(=O)O)c(O)c12. The standard InChI is InChI=1S/C15H10O7S/c16-9-6-11(8-4-2-1-3-5-8)22-12-7-10(17)15(23(19,20)21)14(18)13(9)12/h1-7,17-18H,(H,19,20,21). The molecule has 0 aliphatic carbocycles. The number of hydrogen-bond donors (Lipinski definition) is 3. The molecule has 0 atom stereocenters. The van der Waals surface area contributed by atoms with Gasteiger partial charge in [-0.2, -0.15) is 8.42 Å². The molecule has 0 saturated carbocycles. The number of phenolic OH excluding ortho intramolecular Hbond substituents is 2. The Kier molecular flexibility index (Phi) is 3.35. The van der Waals surface area contributed by atoms with E-state index in [2.05, 4.69) is 0 Å². The molecule has 0 unspecified atom stereocenters. The molecule has 8 heteroatoms. The third-order valence-electron chi connectivity index (χ3n) is 3.24. The van der Waals surface area contributed by atoms with Crippen LogP contribution in [0.5, 0.6) is 11.5 Å². The number of aromatic hydroxyl groups is 2. The first-order valence-corrected chi connectivity index (χ1v) is 7.79. The van der Waals surface area contributed by atoms with E-state index in [-0.39, 0.29) is 11.3 Å². The molecule has 1 aromatic heterocycles. The Morgan fingerprint density at radius 1 is 1.00 bits per heavy atom. The highest BCUT2D eigenvalue weighted by atomic mass is 32.2. The molecule has 1 heterocycles. The van der Waals surface area contributed by atoms with Gasteiger partial charge in [-0.3, -0.25) is 9.35 Å². The Morgan fingerprint density at radius 3 is 2.26 bits per heavy atom. The maximum Gasteiger partial charge on any atom is 0.301 e. The smallest absolute Gasteiger partial charge is 0.301 e. The van der Waals surface area contributed by atoms with Crippen molar-refractivity contribution in [2.45, 2.75) is 4.90 Å². The van der Waals surface area contributed by atoms with Crippen LogP contribution in [0.15, 0.2) is 56.6 Å². The van der Waals surface area contributed by atoms with Gasteiger partial charge in [-0.05, 0) is 0 Å². The lowest BCUT2D eigenvalue weighted by molar-refractivity contribution is 0.413. The Balaban J connectivity index is 2.39. The lowest BCUT2D eigenvalue weighted by Gasteiger charge is -2.08. The van der Waals surface area contributed by atoms with E-state index in [0.29, 0.717) is 5.56 Å². The molecule has 118 valence electrons. The van der Waals surface area contributed by atoms with Crippen LogP contribution in [0, 0.1) is 0 Å². The first kappa shape index (κ1) is 15.1. The molecule has 0 amide bonds. The molecule has 0 fully saturated rings. The normalized spacial score (nSPS) is 11.7. The summed E-state index contributed by atoms with van der Waals surface area (Å²) in [5.74, 6) is -1.80. The summed E-state index contributed by atoms with van der Waals surface area (Å²) in [4.78, 5) is 11.1. The minimum absolute atomic E-state index is 0.182. The van der Waals surface area contributed by atoms with Gasteiger partial charge in [0.15, 0.2) is 16.1 Å². The van der Waals surface area contributed by atoms with Crippen LogP contribution in [0.2, 0.25) is 0 Å². The van der Waals surface area contributed by atoms with E-state index in [1.807, 2.05) is 0 Å². The van der Waals surface area contributed by atoms with Crippen LogP contribution >= 0.6 is 0 Å². The van der Waals surface area contributed by atoms with E-state index in [4.69, 9.17) is 8.97 Å². The van der Waals surface area contributed by atoms with E-state index in [9.17, 15) is 23.4 Å². The van der Waals surface area contributed by atoms with Crippen LogP contribution in [0.3, 0.4) is 0 Å². The van der Waals surface area contributed by atoms with Crippen LogP contribution in [0.4, 0.5) is 0 Å². The topological polar surface area (TPSA) is 125 Å². The Hall–Kier alpha value is -2.84. The first-order chi connectivity index (χ1) is 10.8. The van der Waals surface area contributed by atoms with Crippen molar-refractivity contribution in [3.05, 3.63) is 52.7 Å². The van der Waals surface area contributed by atoms with Crippen molar-refractivity contribution >= 4 is 21.1 Å². The van der Waals surface area contributed by atoms with E-state index in [1.165, 1.54) is 0 Å². The maximum atomic E-state index is 12.2. The number of hydrogen-bond acceptors (Lipinski definition) is 6. The summed E-state index contributed by atoms with van der Waals surface area (Å²) in [6.45, 7) is 0. The predicted octanol–water partition coefficient (Wildman–Crippen LogP) is 2.12. The van der Waals surface area contributed by atoms with Crippen molar-refractivity contribution in [2.75, 3.05) is 0 Å². The van der Waals surface area contributed by atoms with Crippen molar-refractivity contribution < 1.29 is 27.6 Å². The average Bonchev–Trinajstić information content (AvgIpc) is 2.45. The fraction of sp³-hybridized carbons (Fsp3) is 0. The Morgan fingerprint density at radius 2 is 1.65 bits per heavy atom. The second kappa shape index (κ2) is 5.11. The highest BCUT2D eigenvalue weighted by Crippen LogP contribution is 2.38. The van der Waals surface area contributed by atoms with Gasteiger partial charge in [0, 0.05) is 17.7 Å². The fourth-order valence-corrected chi connectivity index (χ4v) is 2.94. The Labute approximate surface area is 129 Å². The largest absolute Gasteiger partial charge is 0.506 e. The molecule has 3 aromatic rings. The van der Waals surface area contributed by atoms with Crippen molar-refractivity contribution in [1.82, 2.24) is 0 Å². The molecule has 2 aromatic carbocycles. The number of benzene rings is 2. The Bertz CT molecular complexity index is 1070. The van der Waals surface area contributed by atoms with Crippen LogP contribution in [-0.4, -0.2) is 23.2 Å². The van der Waals surface area contributed by atoms with E-state index >= 15 is 0 Å². The average molecular weight is 334 g/mol.